The maximum atomic E-state index is 2.23. The Morgan fingerprint density at radius 2 is 1.50 bits per heavy atom. The van der Waals surface area contributed by atoms with Gasteiger partial charge in [0.25, 0.3) is 0 Å². The first-order valence-electron chi connectivity index (χ1n) is 4.57. The molecule has 2 aromatic rings. The number of benzene rings is 1. The first-order valence-corrected chi connectivity index (χ1v) is 6.64. The monoisotopic (exact) mass is 250 g/mol. The Labute approximate surface area is 90.6 Å². The summed E-state index contributed by atoms with van der Waals surface area (Å²) in [6.07, 6.45) is 4.23. The first-order chi connectivity index (χ1) is 6.95. The average molecular weight is 249 g/mol. The zero-order chi connectivity index (χ0) is 9.64. The molecule has 1 heterocycles. The number of pyridine rings is 1. The van der Waals surface area contributed by atoms with Crippen molar-refractivity contribution >= 4 is 19.4 Å². The molecule has 0 aliphatic rings. The molecular weight excluding hydrogens is 237 g/mol. The van der Waals surface area contributed by atoms with Crippen molar-refractivity contribution in [1.29, 1.82) is 0 Å². The Hall–Kier alpha value is -1.11. The summed E-state index contributed by atoms with van der Waals surface area (Å²) < 4.78 is 3.68. The summed E-state index contributed by atoms with van der Waals surface area (Å²) in [7, 11) is 0. The average Bonchev–Trinajstić information content (AvgIpc) is 2.29. The Bertz CT molecular complexity index is 333. The van der Waals surface area contributed by atoms with Crippen LogP contribution in [-0.4, -0.2) is 15.0 Å². The molecule has 14 heavy (non-hydrogen) atoms. The van der Waals surface area contributed by atoms with Gasteiger partial charge in [-0.1, -0.05) is 0 Å². The molecule has 1 aromatic carbocycles. The minimum absolute atomic E-state index is 0.535. The van der Waals surface area contributed by atoms with E-state index in [9.17, 15) is 0 Å². The summed E-state index contributed by atoms with van der Waals surface area (Å²) in [6.45, 7) is 0. The van der Waals surface area contributed by atoms with E-state index in [1.54, 1.807) is 0 Å². The molecule has 0 N–H and O–H groups in total. The van der Waals surface area contributed by atoms with Gasteiger partial charge < -0.3 is 0 Å². The van der Waals surface area contributed by atoms with Gasteiger partial charge in [-0.15, -0.1) is 0 Å². The molecule has 0 aliphatic heterocycles. The summed E-state index contributed by atoms with van der Waals surface area (Å²) in [5.41, 5.74) is 1.11. The van der Waals surface area contributed by atoms with Crippen LogP contribution in [0.1, 0.15) is 0 Å². The van der Waals surface area contributed by atoms with Crippen LogP contribution in [0, 0.1) is 0 Å². The van der Waals surface area contributed by atoms with E-state index in [1.807, 2.05) is 6.07 Å². The van der Waals surface area contributed by atoms with Gasteiger partial charge in [-0.2, -0.15) is 0 Å². The summed E-state index contributed by atoms with van der Waals surface area (Å²) in [4.78, 5) is 0. The van der Waals surface area contributed by atoms with Crippen LogP contribution in [0.2, 0.25) is 0 Å². The van der Waals surface area contributed by atoms with Gasteiger partial charge in [0, 0.05) is 0 Å². The SMILES string of the molecule is c1ccc([Se]C[n+]2ccccc2)cc1. The fraction of sp³-hybridized carbons (Fsp3) is 0.0833. The number of aromatic nitrogens is 1. The Balaban J connectivity index is 1.96. The number of nitrogens with zero attached hydrogens (tertiary/aromatic N) is 1. The van der Waals surface area contributed by atoms with Crippen LogP contribution in [-0.2, 0) is 5.44 Å². The molecule has 70 valence electrons. The second kappa shape index (κ2) is 4.94. The van der Waals surface area contributed by atoms with E-state index in [1.165, 1.54) is 4.46 Å². The second-order valence-electron chi connectivity index (χ2n) is 2.98. The Morgan fingerprint density at radius 1 is 0.857 bits per heavy atom. The molecule has 0 bridgehead atoms. The molecule has 0 saturated heterocycles. The van der Waals surface area contributed by atoms with Gasteiger partial charge in [0.2, 0.25) is 0 Å². The molecule has 0 saturated carbocycles. The predicted molar refractivity (Wildman–Crippen MR) is 58.5 cm³/mol. The van der Waals surface area contributed by atoms with Crippen LogP contribution in [0.25, 0.3) is 0 Å². The first kappa shape index (κ1) is 9.44. The predicted octanol–water partition coefficient (Wildman–Crippen LogP) is 0.961. The number of rotatable bonds is 3. The molecular formula is C12H12NSe+. The fourth-order valence-electron chi connectivity index (χ4n) is 1.19. The molecule has 1 nitrogen and oxygen atoms in total. The van der Waals surface area contributed by atoms with Crippen LogP contribution in [0.3, 0.4) is 0 Å². The zero-order valence-corrected chi connectivity index (χ0v) is 9.55. The van der Waals surface area contributed by atoms with Crippen LogP contribution in [0.4, 0.5) is 0 Å². The van der Waals surface area contributed by atoms with Crippen molar-refractivity contribution in [1.82, 2.24) is 0 Å². The Kier molecular flexibility index (Phi) is 3.33. The zero-order valence-electron chi connectivity index (χ0n) is 7.84. The standard InChI is InChI=1S/C12H12NSe/c1-3-7-12(8-4-1)14-11-13-9-5-2-6-10-13/h1-10H,11H2/q+1. The van der Waals surface area contributed by atoms with Crippen molar-refractivity contribution in [2.45, 2.75) is 5.44 Å². The molecule has 0 spiro atoms. The van der Waals surface area contributed by atoms with Crippen molar-refractivity contribution in [3.8, 4) is 0 Å². The molecule has 0 radical (unpaired) electrons. The minimum atomic E-state index is 0.535. The van der Waals surface area contributed by atoms with Gasteiger partial charge in [-0.25, -0.2) is 0 Å². The van der Waals surface area contributed by atoms with Crippen molar-refractivity contribution in [3.05, 3.63) is 60.9 Å². The van der Waals surface area contributed by atoms with E-state index in [-0.39, 0.29) is 0 Å². The van der Waals surface area contributed by atoms with Gasteiger partial charge in [0.1, 0.15) is 0 Å². The van der Waals surface area contributed by atoms with E-state index >= 15 is 0 Å². The summed E-state index contributed by atoms with van der Waals surface area (Å²) in [6, 6.07) is 16.9. The summed E-state index contributed by atoms with van der Waals surface area (Å²) in [5, 5.41) is 0. The molecule has 2 rings (SSSR count). The van der Waals surface area contributed by atoms with Crippen molar-refractivity contribution in [2.75, 3.05) is 0 Å². The third-order valence-corrected chi connectivity index (χ3v) is 4.07. The van der Waals surface area contributed by atoms with Crippen LogP contribution < -0.4 is 9.03 Å². The molecule has 0 amide bonds. The van der Waals surface area contributed by atoms with Crippen LogP contribution in [0.15, 0.2) is 60.9 Å². The Morgan fingerprint density at radius 3 is 2.21 bits per heavy atom. The summed E-state index contributed by atoms with van der Waals surface area (Å²) in [5.74, 6) is 0. The third kappa shape index (κ3) is 2.69. The van der Waals surface area contributed by atoms with Gasteiger partial charge in [-0.3, -0.25) is 0 Å². The molecule has 0 aliphatic carbocycles. The summed E-state index contributed by atoms with van der Waals surface area (Å²) >= 11 is 0.535. The quantitative estimate of drug-likeness (QED) is 0.563. The van der Waals surface area contributed by atoms with Gasteiger partial charge >= 0.3 is 90.4 Å². The van der Waals surface area contributed by atoms with E-state index in [2.05, 4.69) is 59.4 Å². The molecule has 2 heteroatoms. The number of hydrogen-bond acceptors (Lipinski definition) is 0. The molecule has 0 unspecified atom stereocenters. The molecule has 0 atom stereocenters. The van der Waals surface area contributed by atoms with Crippen LogP contribution >= 0.6 is 0 Å². The van der Waals surface area contributed by atoms with Gasteiger partial charge in [-0.05, 0) is 0 Å². The van der Waals surface area contributed by atoms with Crippen molar-refractivity contribution in [3.63, 3.8) is 0 Å². The van der Waals surface area contributed by atoms with Gasteiger partial charge in [0.15, 0.2) is 0 Å². The number of hydrogen-bond donors (Lipinski definition) is 0. The van der Waals surface area contributed by atoms with Crippen molar-refractivity contribution < 1.29 is 4.57 Å². The van der Waals surface area contributed by atoms with Crippen molar-refractivity contribution in [2.24, 2.45) is 0 Å². The van der Waals surface area contributed by atoms with E-state index in [4.69, 9.17) is 0 Å². The molecule has 0 fully saturated rings. The van der Waals surface area contributed by atoms with E-state index < -0.39 is 0 Å². The van der Waals surface area contributed by atoms with E-state index in [0.717, 1.165) is 5.44 Å². The second-order valence-corrected chi connectivity index (χ2v) is 5.11. The van der Waals surface area contributed by atoms with E-state index in [0.29, 0.717) is 15.0 Å². The normalized spacial score (nSPS) is 10.0. The molecule has 1 aromatic heterocycles. The fourth-order valence-corrected chi connectivity index (χ4v) is 2.91. The topological polar surface area (TPSA) is 3.88 Å². The maximum absolute atomic E-state index is 2.23. The van der Waals surface area contributed by atoms with Gasteiger partial charge in [0.05, 0.1) is 0 Å². The third-order valence-electron chi connectivity index (χ3n) is 1.90. The van der Waals surface area contributed by atoms with Crippen LogP contribution in [0.5, 0.6) is 0 Å².